The standard InChI is InChI=1S/C17H24N2O4.ClH/c1-17(2)16(20)15(18-9-5-3-4-6-10-18)13-11-12(19(21)22)7-8-14(13)23-17;/h7-8,11,15-16,20H,3-6,9-10H2,1-2H3;1H/t15-,16+;/m0./s1. The maximum Gasteiger partial charge on any atom is 0.270 e. The van der Waals surface area contributed by atoms with E-state index in [4.69, 9.17) is 4.74 Å². The van der Waals surface area contributed by atoms with Crippen LogP contribution in [0.25, 0.3) is 0 Å². The van der Waals surface area contributed by atoms with Crippen LogP contribution in [-0.4, -0.2) is 39.7 Å². The summed E-state index contributed by atoms with van der Waals surface area (Å²) < 4.78 is 5.92. The molecular formula is C17H25ClN2O4. The van der Waals surface area contributed by atoms with Gasteiger partial charge in [0.1, 0.15) is 17.5 Å². The lowest BCUT2D eigenvalue weighted by molar-refractivity contribution is -0.385. The van der Waals surface area contributed by atoms with Crippen LogP contribution >= 0.6 is 12.4 Å². The molecule has 0 bridgehead atoms. The average molecular weight is 357 g/mol. The summed E-state index contributed by atoms with van der Waals surface area (Å²) in [6.07, 6.45) is 3.85. The maximum atomic E-state index is 11.1. The van der Waals surface area contributed by atoms with Gasteiger partial charge in [-0.3, -0.25) is 15.0 Å². The fourth-order valence-corrected chi connectivity index (χ4v) is 3.64. The van der Waals surface area contributed by atoms with E-state index in [2.05, 4.69) is 4.90 Å². The first-order valence-corrected chi connectivity index (χ1v) is 8.29. The Morgan fingerprint density at radius 2 is 1.88 bits per heavy atom. The molecule has 1 fully saturated rings. The largest absolute Gasteiger partial charge is 0.485 e. The van der Waals surface area contributed by atoms with Crippen LogP contribution in [0.4, 0.5) is 5.69 Å². The van der Waals surface area contributed by atoms with Gasteiger partial charge in [-0.1, -0.05) is 12.8 Å². The van der Waals surface area contributed by atoms with Gasteiger partial charge in [-0.2, -0.15) is 0 Å². The number of nitrogens with zero attached hydrogens (tertiary/aromatic N) is 2. The van der Waals surface area contributed by atoms with E-state index >= 15 is 0 Å². The molecule has 0 unspecified atom stereocenters. The third-order valence-electron chi connectivity index (χ3n) is 4.94. The molecule has 2 aliphatic rings. The highest BCUT2D eigenvalue weighted by Crippen LogP contribution is 2.44. The van der Waals surface area contributed by atoms with Crippen LogP contribution in [0.15, 0.2) is 18.2 Å². The number of rotatable bonds is 2. The van der Waals surface area contributed by atoms with E-state index < -0.39 is 16.6 Å². The summed E-state index contributed by atoms with van der Waals surface area (Å²) in [7, 11) is 0. The van der Waals surface area contributed by atoms with Crippen molar-refractivity contribution in [3.05, 3.63) is 33.9 Å². The number of likely N-dealkylation sites (tertiary alicyclic amines) is 1. The predicted molar refractivity (Wildman–Crippen MR) is 93.8 cm³/mol. The third-order valence-corrected chi connectivity index (χ3v) is 4.94. The number of aliphatic hydroxyl groups excluding tert-OH is 1. The average Bonchev–Trinajstić information content (AvgIpc) is 2.77. The summed E-state index contributed by atoms with van der Waals surface area (Å²) in [6.45, 7) is 5.54. The highest BCUT2D eigenvalue weighted by Gasteiger charge is 2.45. The number of benzene rings is 1. The molecule has 3 rings (SSSR count). The first-order chi connectivity index (χ1) is 10.9. The van der Waals surface area contributed by atoms with Crippen molar-refractivity contribution in [2.75, 3.05) is 13.1 Å². The summed E-state index contributed by atoms with van der Waals surface area (Å²) in [4.78, 5) is 13.0. The SMILES string of the molecule is CC1(C)Oc2ccc([N+](=O)[O-])cc2[C@H](N2CCCCCC2)[C@H]1O.Cl. The normalized spacial score (nSPS) is 26.5. The number of fused-ring (bicyclic) bond motifs is 1. The monoisotopic (exact) mass is 356 g/mol. The Morgan fingerprint density at radius 3 is 2.46 bits per heavy atom. The van der Waals surface area contributed by atoms with E-state index in [0.717, 1.165) is 31.5 Å². The molecule has 2 heterocycles. The number of aliphatic hydroxyl groups is 1. The van der Waals surface area contributed by atoms with Crippen LogP contribution in [0.2, 0.25) is 0 Å². The Labute approximate surface area is 148 Å². The van der Waals surface area contributed by atoms with Crippen LogP contribution in [0, 0.1) is 10.1 Å². The number of non-ortho nitro benzene ring substituents is 1. The van der Waals surface area contributed by atoms with Gasteiger partial charge in [0.05, 0.1) is 11.0 Å². The third kappa shape index (κ3) is 3.50. The zero-order valence-corrected chi connectivity index (χ0v) is 14.9. The van der Waals surface area contributed by atoms with Crippen molar-refractivity contribution in [1.82, 2.24) is 4.90 Å². The molecular weight excluding hydrogens is 332 g/mol. The highest BCUT2D eigenvalue weighted by molar-refractivity contribution is 5.85. The second kappa shape index (κ2) is 7.25. The Kier molecular flexibility index (Phi) is 5.73. The minimum absolute atomic E-state index is 0. The van der Waals surface area contributed by atoms with E-state index in [0.29, 0.717) is 5.75 Å². The van der Waals surface area contributed by atoms with Crippen LogP contribution in [-0.2, 0) is 0 Å². The molecule has 1 saturated heterocycles. The predicted octanol–water partition coefficient (Wildman–Crippen LogP) is 3.47. The minimum atomic E-state index is -0.727. The summed E-state index contributed by atoms with van der Waals surface area (Å²) >= 11 is 0. The molecule has 2 aliphatic heterocycles. The molecule has 6 nitrogen and oxygen atoms in total. The molecule has 0 spiro atoms. The van der Waals surface area contributed by atoms with Crippen LogP contribution in [0.5, 0.6) is 5.75 Å². The lowest BCUT2D eigenvalue weighted by atomic mass is 9.85. The van der Waals surface area contributed by atoms with Gasteiger partial charge in [0, 0.05) is 17.7 Å². The first kappa shape index (κ1) is 19.0. The second-order valence-corrected chi connectivity index (χ2v) is 7.02. The zero-order chi connectivity index (χ0) is 16.6. The molecule has 0 aromatic heterocycles. The highest BCUT2D eigenvalue weighted by atomic mass is 35.5. The molecule has 134 valence electrons. The summed E-state index contributed by atoms with van der Waals surface area (Å²) in [5.41, 5.74) is 0.0483. The molecule has 1 aromatic rings. The smallest absolute Gasteiger partial charge is 0.270 e. The van der Waals surface area contributed by atoms with Gasteiger partial charge in [0.15, 0.2) is 0 Å². The second-order valence-electron chi connectivity index (χ2n) is 7.02. The quantitative estimate of drug-likeness (QED) is 0.648. The van der Waals surface area contributed by atoms with Gasteiger partial charge in [-0.05, 0) is 45.8 Å². The number of hydrogen-bond acceptors (Lipinski definition) is 5. The van der Waals surface area contributed by atoms with Gasteiger partial charge >= 0.3 is 0 Å². The Bertz CT molecular complexity index is 600. The Balaban J connectivity index is 0.00000208. The molecule has 7 heteroatoms. The fourth-order valence-electron chi connectivity index (χ4n) is 3.64. The first-order valence-electron chi connectivity index (χ1n) is 8.29. The summed E-state index contributed by atoms with van der Waals surface area (Å²) in [5, 5.41) is 22.0. The number of nitro groups is 1. The Morgan fingerprint density at radius 1 is 1.25 bits per heavy atom. The van der Waals surface area contributed by atoms with Crippen molar-refractivity contribution in [3.63, 3.8) is 0 Å². The zero-order valence-electron chi connectivity index (χ0n) is 14.1. The van der Waals surface area contributed by atoms with Crippen LogP contribution in [0.1, 0.15) is 51.1 Å². The molecule has 2 atom stereocenters. The van der Waals surface area contributed by atoms with Crippen molar-refractivity contribution in [1.29, 1.82) is 0 Å². The van der Waals surface area contributed by atoms with E-state index in [1.807, 2.05) is 13.8 Å². The van der Waals surface area contributed by atoms with Crippen molar-refractivity contribution >= 4 is 18.1 Å². The van der Waals surface area contributed by atoms with Crippen molar-refractivity contribution in [2.45, 2.75) is 57.3 Å². The fraction of sp³-hybridized carbons (Fsp3) is 0.647. The molecule has 1 N–H and O–H groups in total. The van der Waals surface area contributed by atoms with Gasteiger partial charge in [-0.15, -0.1) is 12.4 Å². The van der Waals surface area contributed by atoms with Gasteiger partial charge in [0.25, 0.3) is 5.69 Å². The molecule has 0 amide bonds. The Hall–Kier alpha value is -1.37. The molecule has 1 aromatic carbocycles. The van der Waals surface area contributed by atoms with E-state index in [1.54, 1.807) is 12.1 Å². The minimum Gasteiger partial charge on any atom is -0.485 e. The number of hydrogen-bond donors (Lipinski definition) is 1. The lowest BCUT2D eigenvalue weighted by Gasteiger charge is -2.46. The van der Waals surface area contributed by atoms with Crippen molar-refractivity contribution in [3.8, 4) is 5.75 Å². The summed E-state index contributed by atoms with van der Waals surface area (Å²) in [5.74, 6) is 0.639. The van der Waals surface area contributed by atoms with E-state index in [-0.39, 0.29) is 24.1 Å². The molecule has 24 heavy (non-hydrogen) atoms. The van der Waals surface area contributed by atoms with Crippen LogP contribution in [0.3, 0.4) is 0 Å². The van der Waals surface area contributed by atoms with E-state index in [1.165, 1.54) is 18.9 Å². The van der Waals surface area contributed by atoms with Crippen molar-refractivity contribution in [2.24, 2.45) is 0 Å². The van der Waals surface area contributed by atoms with Gasteiger partial charge in [0.2, 0.25) is 0 Å². The number of halogens is 1. The van der Waals surface area contributed by atoms with Crippen molar-refractivity contribution < 1.29 is 14.8 Å². The van der Waals surface area contributed by atoms with Crippen LogP contribution < -0.4 is 4.74 Å². The molecule has 0 aliphatic carbocycles. The number of ether oxygens (including phenoxy) is 1. The molecule has 0 saturated carbocycles. The topological polar surface area (TPSA) is 75.8 Å². The maximum absolute atomic E-state index is 11.1. The summed E-state index contributed by atoms with van der Waals surface area (Å²) in [6, 6.07) is 4.42. The lowest BCUT2D eigenvalue weighted by Crippen LogP contribution is -2.53. The van der Waals surface area contributed by atoms with Gasteiger partial charge in [-0.25, -0.2) is 0 Å². The number of nitro benzene ring substituents is 1. The van der Waals surface area contributed by atoms with Gasteiger partial charge < -0.3 is 9.84 Å². The van der Waals surface area contributed by atoms with E-state index in [9.17, 15) is 15.2 Å². The molecule has 0 radical (unpaired) electrons.